The van der Waals surface area contributed by atoms with Crippen LogP contribution in [0.2, 0.25) is 0 Å². The second-order valence-electron chi connectivity index (χ2n) is 1.21. The second kappa shape index (κ2) is 1.65. The molecule has 0 atom stereocenters. The number of hydrogen-bond acceptors (Lipinski definition) is 1. The van der Waals surface area contributed by atoms with E-state index in [1.165, 1.54) is 0 Å². The van der Waals surface area contributed by atoms with Crippen LogP contribution in [0.5, 0.6) is 0 Å². The highest BCUT2D eigenvalue weighted by Crippen LogP contribution is 1.86. The van der Waals surface area contributed by atoms with Crippen LogP contribution in [0.1, 0.15) is 6.42 Å². The molecule has 0 amide bonds. The molecule has 0 radical (unpaired) electrons. The van der Waals surface area contributed by atoms with Crippen molar-refractivity contribution < 1.29 is 0 Å². The Kier molecular flexibility index (Phi) is 0.955. The molecule has 0 aliphatic carbocycles. The lowest BCUT2D eigenvalue weighted by Gasteiger charge is -1.92. The minimum absolute atomic E-state index is 1.08. The molecule has 1 nitrogen and oxygen atoms in total. The molecule has 0 saturated heterocycles. The van der Waals surface area contributed by atoms with Gasteiger partial charge in [-0.2, -0.15) is 0 Å². The van der Waals surface area contributed by atoms with Crippen molar-refractivity contribution in [2.24, 2.45) is 0 Å². The van der Waals surface area contributed by atoms with Crippen molar-refractivity contribution in [3.63, 3.8) is 0 Å². The molecule has 1 N–H and O–H groups in total. The summed E-state index contributed by atoms with van der Waals surface area (Å²) in [5.74, 6) is 0. The lowest BCUT2D eigenvalue weighted by Crippen LogP contribution is -1.93. The maximum atomic E-state index is 2.92. The van der Waals surface area contributed by atoms with Gasteiger partial charge in [0.25, 0.3) is 0 Å². The molecule has 6 heavy (non-hydrogen) atoms. The summed E-state index contributed by atoms with van der Waals surface area (Å²) in [6.45, 7) is 0. The lowest BCUT2D eigenvalue weighted by molar-refractivity contribution is 1.11. The number of hydrogen-bond donors (Lipinski definition) is 1. The Hall–Kier alpha value is -0.720. The van der Waals surface area contributed by atoms with Crippen LogP contribution in [-0.2, 0) is 0 Å². The molecular formula is C5H7N. The highest BCUT2D eigenvalue weighted by atomic mass is 14.8. The van der Waals surface area contributed by atoms with Crippen molar-refractivity contribution in [1.29, 1.82) is 0 Å². The molecule has 0 unspecified atom stereocenters. The molecule has 1 heteroatoms. The van der Waals surface area contributed by atoms with E-state index in [0.29, 0.717) is 0 Å². The van der Waals surface area contributed by atoms with Gasteiger partial charge >= 0.3 is 0 Å². The predicted molar refractivity (Wildman–Crippen MR) is 26.0 cm³/mol. The van der Waals surface area contributed by atoms with E-state index in [4.69, 9.17) is 0 Å². The van der Waals surface area contributed by atoms with Gasteiger partial charge in [0.2, 0.25) is 0 Å². The van der Waals surface area contributed by atoms with E-state index < -0.39 is 0 Å². The maximum absolute atomic E-state index is 2.92. The Morgan fingerprint density at radius 1 is 1.17 bits per heavy atom. The van der Waals surface area contributed by atoms with E-state index in [1.54, 1.807) is 0 Å². The first kappa shape index (κ1) is 3.47. The van der Waals surface area contributed by atoms with E-state index in [-0.39, 0.29) is 0 Å². The van der Waals surface area contributed by atoms with Gasteiger partial charge in [0.1, 0.15) is 0 Å². The second-order valence-corrected chi connectivity index (χ2v) is 1.21. The summed E-state index contributed by atoms with van der Waals surface area (Å²) in [5, 5.41) is 2.92. The number of allylic oxidation sites excluding steroid dienone is 2. The minimum atomic E-state index is 1.08. The fourth-order valence-electron chi connectivity index (χ4n) is 0.406. The first-order valence-corrected chi connectivity index (χ1v) is 2.06. The Morgan fingerprint density at radius 2 is 1.83 bits per heavy atom. The zero-order valence-corrected chi connectivity index (χ0v) is 3.52. The molecule has 1 aliphatic rings. The van der Waals surface area contributed by atoms with E-state index in [0.717, 1.165) is 6.42 Å². The van der Waals surface area contributed by atoms with Crippen LogP contribution in [0.15, 0.2) is 24.6 Å². The molecule has 0 spiro atoms. The van der Waals surface area contributed by atoms with Crippen LogP contribution in [0.3, 0.4) is 0 Å². The maximum Gasteiger partial charge on any atom is -0.00326 e. The highest BCUT2D eigenvalue weighted by Gasteiger charge is 1.73. The molecule has 0 aromatic carbocycles. The third kappa shape index (κ3) is 0.612. The molecular weight excluding hydrogens is 74.1 g/mol. The molecule has 0 bridgehead atoms. The SMILES string of the molecule is C1=CNC=CC1. The minimum Gasteiger partial charge on any atom is -0.368 e. The molecule has 0 aromatic heterocycles. The van der Waals surface area contributed by atoms with Gasteiger partial charge in [0.15, 0.2) is 0 Å². The van der Waals surface area contributed by atoms with Gasteiger partial charge in [-0.3, -0.25) is 0 Å². The van der Waals surface area contributed by atoms with Crippen molar-refractivity contribution in [2.75, 3.05) is 0 Å². The molecule has 1 aliphatic heterocycles. The Balaban J connectivity index is 2.40. The smallest absolute Gasteiger partial charge is 0.00326 e. The van der Waals surface area contributed by atoms with Gasteiger partial charge in [0.05, 0.1) is 0 Å². The summed E-state index contributed by atoms with van der Waals surface area (Å²) in [6, 6.07) is 0. The van der Waals surface area contributed by atoms with Crippen LogP contribution in [-0.4, -0.2) is 0 Å². The van der Waals surface area contributed by atoms with Crippen molar-refractivity contribution >= 4 is 0 Å². The zero-order valence-electron chi connectivity index (χ0n) is 3.52. The van der Waals surface area contributed by atoms with Crippen LogP contribution in [0.25, 0.3) is 0 Å². The van der Waals surface area contributed by atoms with Crippen LogP contribution in [0.4, 0.5) is 0 Å². The van der Waals surface area contributed by atoms with Gasteiger partial charge in [-0.15, -0.1) is 0 Å². The predicted octanol–water partition coefficient (Wildman–Crippen LogP) is 1.01. The number of dihydropyridines is 1. The normalized spacial score (nSPS) is 17.3. The summed E-state index contributed by atoms with van der Waals surface area (Å²) in [4.78, 5) is 0. The molecule has 0 saturated carbocycles. The van der Waals surface area contributed by atoms with Gasteiger partial charge < -0.3 is 5.32 Å². The van der Waals surface area contributed by atoms with E-state index >= 15 is 0 Å². The van der Waals surface area contributed by atoms with Gasteiger partial charge in [0, 0.05) is 0 Å². The average molecular weight is 81.1 g/mol. The van der Waals surface area contributed by atoms with Crippen molar-refractivity contribution in [1.82, 2.24) is 5.32 Å². The first-order valence-electron chi connectivity index (χ1n) is 2.06. The standard InChI is InChI=1S/C5H7N/c1-2-4-6-5-3-1/h2-6H,1H2. The van der Waals surface area contributed by atoms with E-state index in [9.17, 15) is 0 Å². The van der Waals surface area contributed by atoms with Crippen molar-refractivity contribution in [3.05, 3.63) is 24.6 Å². The quantitative estimate of drug-likeness (QED) is 0.459. The molecule has 0 fully saturated rings. The fraction of sp³-hybridized carbons (Fsp3) is 0.200. The third-order valence-electron chi connectivity index (χ3n) is 0.700. The van der Waals surface area contributed by atoms with Gasteiger partial charge in [-0.1, -0.05) is 12.2 Å². The zero-order chi connectivity index (χ0) is 4.24. The van der Waals surface area contributed by atoms with Crippen LogP contribution in [0, 0.1) is 0 Å². The molecule has 1 rings (SSSR count). The monoisotopic (exact) mass is 81.1 g/mol. The largest absolute Gasteiger partial charge is 0.368 e. The van der Waals surface area contributed by atoms with Gasteiger partial charge in [-0.05, 0) is 18.8 Å². The van der Waals surface area contributed by atoms with Crippen LogP contribution < -0.4 is 5.32 Å². The summed E-state index contributed by atoms with van der Waals surface area (Å²) >= 11 is 0. The summed E-state index contributed by atoms with van der Waals surface area (Å²) < 4.78 is 0. The summed E-state index contributed by atoms with van der Waals surface area (Å²) in [6.07, 6.45) is 9.08. The van der Waals surface area contributed by atoms with Gasteiger partial charge in [-0.25, -0.2) is 0 Å². The molecule has 0 aromatic rings. The average Bonchev–Trinajstić information content (AvgIpc) is 1.72. The first-order chi connectivity index (χ1) is 3.00. The topological polar surface area (TPSA) is 12.0 Å². The summed E-state index contributed by atoms with van der Waals surface area (Å²) in [7, 11) is 0. The van der Waals surface area contributed by atoms with E-state index in [1.807, 2.05) is 12.4 Å². The highest BCUT2D eigenvalue weighted by molar-refractivity contribution is 4.98. The number of rotatable bonds is 0. The Morgan fingerprint density at radius 3 is 2.00 bits per heavy atom. The lowest BCUT2D eigenvalue weighted by atomic mass is 10.4. The number of nitrogens with one attached hydrogen (secondary N) is 1. The third-order valence-corrected chi connectivity index (χ3v) is 0.700. The van der Waals surface area contributed by atoms with Crippen LogP contribution >= 0.6 is 0 Å². The van der Waals surface area contributed by atoms with Crippen molar-refractivity contribution in [3.8, 4) is 0 Å². The fourth-order valence-corrected chi connectivity index (χ4v) is 0.406. The van der Waals surface area contributed by atoms with E-state index in [2.05, 4.69) is 17.5 Å². The Bertz CT molecular complexity index is 61.9. The Labute approximate surface area is 37.4 Å². The summed E-state index contributed by atoms with van der Waals surface area (Å²) in [5.41, 5.74) is 0. The molecule has 32 valence electrons. The molecule has 1 heterocycles. The van der Waals surface area contributed by atoms with Crippen molar-refractivity contribution in [2.45, 2.75) is 6.42 Å².